The van der Waals surface area contributed by atoms with Crippen LogP contribution in [-0.4, -0.2) is 61.3 Å². The number of imidazole rings is 1. The third kappa shape index (κ3) is 6.84. The summed E-state index contributed by atoms with van der Waals surface area (Å²) < 4.78 is 13.1. The summed E-state index contributed by atoms with van der Waals surface area (Å²) in [5.41, 5.74) is 0. The van der Waals surface area contributed by atoms with Gasteiger partial charge in [0.2, 0.25) is 0 Å². The number of guanidine groups is 1. The molecule has 0 radical (unpaired) electrons. The number of hydrogen-bond acceptors (Lipinski definition) is 4. The molecule has 0 aliphatic carbocycles. The number of rotatable bonds is 10. The molecule has 7 heteroatoms. The first kappa shape index (κ1) is 20.6. The van der Waals surface area contributed by atoms with Gasteiger partial charge in [0.25, 0.3) is 0 Å². The van der Waals surface area contributed by atoms with Crippen molar-refractivity contribution in [3.05, 3.63) is 42.5 Å². The molecular weight excluding hydrogens is 342 g/mol. The summed E-state index contributed by atoms with van der Waals surface area (Å²) in [5.74, 6) is 3.61. The Morgan fingerprint density at radius 2 is 1.96 bits per heavy atom. The molecule has 0 amide bonds. The highest BCUT2D eigenvalue weighted by molar-refractivity contribution is 5.79. The Balaban J connectivity index is 1.62. The second kappa shape index (κ2) is 11.1. The molecular formula is C20H31N5O2. The van der Waals surface area contributed by atoms with Gasteiger partial charge in [0.1, 0.15) is 23.9 Å². The number of nitrogens with zero attached hydrogens (tertiary/aromatic N) is 4. The number of methoxy groups -OCH3 is 1. The third-order valence-corrected chi connectivity index (χ3v) is 4.36. The van der Waals surface area contributed by atoms with Gasteiger partial charge in [-0.1, -0.05) is 0 Å². The quantitative estimate of drug-likeness (QED) is 0.394. The van der Waals surface area contributed by atoms with Crippen LogP contribution in [0.2, 0.25) is 0 Å². The summed E-state index contributed by atoms with van der Waals surface area (Å²) in [6.45, 7) is 5.26. The molecule has 0 spiro atoms. The van der Waals surface area contributed by atoms with E-state index in [4.69, 9.17) is 9.47 Å². The van der Waals surface area contributed by atoms with Crippen LogP contribution in [0.1, 0.15) is 18.7 Å². The first-order chi connectivity index (χ1) is 13.1. The molecule has 1 heterocycles. The lowest BCUT2D eigenvalue weighted by molar-refractivity contribution is 0.281. The van der Waals surface area contributed by atoms with Gasteiger partial charge in [0.15, 0.2) is 5.96 Å². The van der Waals surface area contributed by atoms with Crippen molar-refractivity contribution in [2.75, 3.05) is 40.9 Å². The number of aryl methyl sites for hydroxylation is 2. The number of ether oxygens (including phenoxy) is 2. The lowest BCUT2D eigenvalue weighted by Crippen LogP contribution is -2.41. The zero-order chi connectivity index (χ0) is 19.5. The lowest BCUT2D eigenvalue weighted by Gasteiger charge is -2.22. The van der Waals surface area contributed by atoms with E-state index in [9.17, 15) is 0 Å². The monoisotopic (exact) mass is 373 g/mol. The first-order valence-corrected chi connectivity index (χ1v) is 9.30. The van der Waals surface area contributed by atoms with Gasteiger partial charge in [-0.2, -0.15) is 0 Å². The molecule has 0 fully saturated rings. The number of aliphatic imine (C=N–C) groups is 1. The first-order valence-electron chi connectivity index (χ1n) is 9.30. The Kier molecular flexibility index (Phi) is 8.48. The fourth-order valence-corrected chi connectivity index (χ4v) is 2.71. The predicted molar refractivity (Wildman–Crippen MR) is 109 cm³/mol. The van der Waals surface area contributed by atoms with Crippen molar-refractivity contribution in [2.24, 2.45) is 4.99 Å². The molecule has 0 aliphatic rings. The second-order valence-electron chi connectivity index (χ2n) is 6.29. The van der Waals surface area contributed by atoms with Gasteiger partial charge >= 0.3 is 0 Å². The molecule has 7 nitrogen and oxygen atoms in total. The SMILES string of the molecule is CN=C(NCCCCn1ccnc1C)N(C)CCOc1ccc(OC)cc1. The molecule has 2 aromatic rings. The van der Waals surface area contributed by atoms with E-state index in [1.807, 2.05) is 50.6 Å². The normalized spacial score (nSPS) is 11.3. The summed E-state index contributed by atoms with van der Waals surface area (Å²) in [6, 6.07) is 7.61. The molecule has 27 heavy (non-hydrogen) atoms. The van der Waals surface area contributed by atoms with Crippen molar-refractivity contribution in [2.45, 2.75) is 26.3 Å². The largest absolute Gasteiger partial charge is 0.497 e. The molecule has 0 saturated carbocycles. The summed E-state index contributed by atoms with van der Waals surface area (Å²) in [6.07, 6.45) is 6.05. The van der Waals surface area contributed by atoms with Crippen LogP contribution in [0.4, 0.5) is 0 Å². The fraction of sp³-hybridized carbons (Fsp3) is 0.500. The lowest BCUT2D eigenvalue weighted by atomic mass is 10.3. The van der Waals surface area contributed by atoms with E-state index in [0.717, 1.165) is 55.8 Å². The molecule has 148 valence electrons. The predicted octanol–water partition coefficient (Wildman–Crippen LogP) is 2.57. The van der Waals surface area contributed by atoms with Crippen LogP contribution >= 0.6 is 0 Å². The van der Waals surface area contributed by atoms with Crippen molar-refractivity contribution >= 4 is 5.96 Å². The minimum atomic E-state index is 0.587. The molecule has 1 aromatic heterocycles. The van der Waals surface area contributed by atoms with Gasteiger partial charge in [0, 0.05) is 39.6 Å². The number of benzene rings is 1. The van der Waals surface area contributed by atoms with Gasteiger partial charge in [-0.3, -0.25) is 4.99 Å². The minimum Gasteiger partial charge on any atom is -0.497 e. The average Bonchev–Trinajstić information content (AvgIpc) is 3.10. The maximum absolute atomic E-state index is 5.78. The highest BCUT2D eigenvalue weighted by Gasteiger charge is 2.06. The average molecular weight is 374 g/mol. The van der Waals surface area contributed by atoms with Gasteiger partial charge in [-0.15, -0.1) is 0 Å². The number of aromatic nitrogens is 2. The smallest absolute Gasteiger partial charge is 0.193 e. The van der Waals surface area contributed by atoms with Crippen LogP contribution in [0, 0.1) is 6.92 Å². The minimum absolute atomic E-state index is 0.587. The molecule has 0 unspecified atom stereocenters. The van der Waals surface area contributed by atoms with Gasteiger partial charge in [-0.05, 0) is 44.0 Å². The van der Waals surface area contributed by atoms with Crippen molar-refractivity contribution in [3.63, 3.8) is 0 Å². The van der Waals surface area contributed by atoms with Crippen LogP contribution < -0.4 is 14.8 Å². The molecule has 0 saturated heterocycles. The van der Waals surface area contributed by atoms with E-state index in [0.29, 0.717) is 6.61 Å². The Hall–Kier alpha value is -2.70. The number of likely N-dealkylation sites (N-methyl/N-ethyl adjacent to an activating group) is 1. The molecule has 2 rings (SSSR count). The fourth-order valence-electron chi connectivity index (χ4n) is 2.71. The Bertz CT molecular complexity index is 697. The van der Waals surface area contributed by atoms with Crippen LogP contribution in [0.5, 0.6) is 11.5 Å². The molecule has 1 aromatic carbocycles. The van der Waals surface area contributed by atoms with E-state index in [1.54, 1.807) is 14.2 Å². The van der Waals surface area contributed by atoms with E-state index in [2.05, 4.69) is 24.8 Å². The Morgan fingerprint density at radius 1 is 1.22 bits per heavy atom. The molecule has 1 N–H and O–H groups in total. The van der Waals surface area contributed by atoms with Gasteiger partial charge in [-0.25, -0.2) is 4.98 Å². The van der Waals surface area contributed by atoms with Gasteiger partial charge in [0.05, 0.1) is 13.7 Å². The van der Waals surface area contributed by atoms with E-state index in [-0.39, 0.29) is 0 Å². The maximum Gasteiger partial charge on any atom is 0.193 e. The van der Waals surface area contributed by atoms with Gasteiger partial charge < -0.3 is 24.3 Å². The number of hydrogen-bond donors (Lipinski definition) is 1. The topological polar surface area (TPSA) is 63.9 Å². The highest BCUT2D eigenvalue weighted by Crippen LogP contribution is 2.16. The molecule has 0 bridgehead atoms. The van der Waals surface area contributed by atoms with Crippen molar-refractivity contribution in [1.82, 2.24) is 19.8 Å². The van der Waals surface area contributed by atoms with E-state index >= 15 is 0 Å². The number of unbranched alkanes of at least 4 members (excludes halogenated alkanes) is 1. The van der Waals surface area contributed by atoms with Crippen LogP contribution in [-0.2, 0) is 6.54 Å². The summed E-state index contributed by atoms with van der Waals surface area (Å²) in [4.78, 5) is 10.7. The third-order valence-electron chi connectivity index (χ3n) is 4.36. The standard InChI is InChI=1S/C20H31N5O2/c1-17-22-12-14-25(17)13-6-5-11-23-20(21-2)24(3)15-16-27-19-9-7-18(26-4)8-10-19/h7-10,12,14H,5-6,11,13,15-16H2,1-4H3,(H,21,23). The van der Waals surface area contributed by atoms with E-state index < -0.39 is 0 Å². The highest BCUT2D eigenvalue weighted by atomic mass is 16.5. The zero-order valence-corrected chi connectivity index (χ0v) is 16.8. The zero-order valence-electron chi connectivity index (χ0n) is 16.8. The summed E-state index contributed by atoms with van der Waals surface area (Å²) >= 11 is 0. The van der Waals surface area contributed by atoms with Crippen molar-refractivity contribution < 1.29 is 9.47 Å². The maximum atomic E-state index is 5.78. The van der Waals surface area contributed by atoms with Crippen molar-refractivity contribution in [3.8, 4) is 11.5 Å². The van der Waals surface area contributed by atoms with Crippen LogP contribution in [0.15, 0.2) is 41.7 Å². The van der Waals surface area contributed by atoms with Crippen LogP contribution in [0.25, 0.3) is 0 Å². The van der Waals surface area contributed by atoms with E-state index in [1.165, 1.54) is 0 Å². The Labute approximate surface area is 162 Å². The second-order valence-corrected chi connectivity index (χ2v) is 6.29. The van der Waals surface area contributed by atoms with Crippen molar-refractivity contribution in [1.29, 1.82) is 0 Å². The summed E-state index contributed by atoms with van der Waals surface area (Å²) in [5, 5.41) is 3.41. The number of nitrogens with one attached hydrogen (secondary N) is 1. The molecule has 0 aliphatic heterocycles. The van der Waals surface area contributed by atoms with Crippen LogP contribution in [0.3, 0.4) is 0 Å². The molecule has 0 atom stereocenters. The Morgan fingerprint density at radius 3 is 2.59 bits per heavy atom. The summed E-state index contributed by atoms with van der Waals surface area (Å²) in [7, 11) is 5.47.